The molecule has 2 fully saturated rings. The summed E-state index contributed by atoms with van der Waals surface area (Å²) in [6.45, 7) is 10.6. The fraction of sp³-hybridized carbons (Fsp3) is 1.00. The highest BCUT2D eigenvalue weighted by molar-refractivity contribution is 5.01. The summed E-state index contributed by atoms with van der Waals surface area (Å²) in [5.74, 6) is 2.55. The van der Waals surface area contributed by atoms with Crippen molar-refractivity contribution in [2.75, 3.05) is 19.6 Å². The van der Waals surface area contributed by atoms with Crippen LogP contribution in [0.1, 0.15) is 65.7 Å². The quantitative estimate of drug-likeness (QED) is 0.841. The van der Waals surface area contributed by atoms with Crippen molar-refractivity contribution in [1.29, 1.82) is 0 Å². The van der Waals surface area contributed by atoms with Crippen LogP contribution >= 0.6 is 0 Å². The molecule has 2 aliphatic rings. The minimum atomic E-state index is 0.325. The Kier molecular flexibility index (Phi) is 5.30. The molecule has 2 rings (SSSR count). The molecule has 2 heteroatoms. The molecule has 0 aromatic rings. The molecule has 2 unspecified atom stereocenters. The summed E-state index contributed by atoms with van der Waals surface area (Å²) < 4.78 is 0. The Labute approximate surface area is 120 Å². The maximum Gasteiger partial charge on any atom is 0.0362 e. The molecule has 1 aliphatic heterocycles. The standard InChI is InChI=1S/C17H34N2/c1-4-15-8-11-19(12-9-15)17(13-18)10-6-5-7-16(17)14(2)3/h14-16H,4-13,18H2,1-3H3. The van der Waals surface area contributed by atoms with E-state index in [0.29, 0.717) is 5.54 Å². The van der Waals surface area contributed by atoms with E-state index < -0.39 is 0 Å². The Morgan fingerprint density at radius 1 is 1.16 bits per heavy atom. The van der Waals surface area contributed by atoms with E-state index in [1.54, 1.807) is 0 Å². The van der Waals surface area contributed by atoms with Crippen LogP contribution in [0.2, 0.25) is 0 Å². The molecule has 1 saturated carbocycles. The Hall–Kier alpha value is -0.0800. The molecule has 19 heavy (non-hydrogen) atoms. The van der Waals surface area contributed by atoms with Crippen LogP contribution in [0.15, 0.2) is 0 Å². The average molecular weight is 266 g/mol. The molecule has 2 atom stereocenters. The lowest BCUT2D eigenvalue weighted by Crippen LogP contribution is -2.62. The van der Waals surface area contributed by atoms with Gasteiger partial charge in [-0.2, -0.15) is 0 Å². The van der Waals surface area contributed by atoms with Gasteiger partial charge in [-0.25, -0.2) is 0 Å². The number of piperidine rings is 1. The lowest BCUT2D eigenvalue weighted by molar-refractivity contribution is -0.0327. The molecule has 1 saturated heterocycles. The van der Waals surface area contributed by atoms with E-state index in [4.69, 9.17) is 5.73 Å². The molecule has 1 heterocycles. The molecule has 1 aliphatic carbocycles. The van der Waals surface area contributed by atoms with Gasteiger partial charge in [-0.3, -0.25) is 4.90 Å². The zero-order valence-corrected chi connectivity index (χ0v) is 13.3. The number of hydrogen-bond acceptors (Lipinski definition) is 2. The molecule has 2 nitrogen and oxygen atoms in total. The third-order valence-corrected chi connectivity index (χ3v) is 6.04. The SMILES string of the molecule is CCC1CCN(C2(CN)CCCCC2C(C)C)CC1. The monoisotopic (exact) mass is 266 g/mol. The molecule has 0 amide bonds. The van der Waals surface area contributed by atoms with E-state index in [1.165, 1.54) is 58.0 Å². The lowest BCUT2D eigenvalue weighted by atomic mass is 9.66. The number of nitrogens with two attached hydrogens (primary N) is 1. The summed E-state index contributed by atoms with van der Waals surface area (Å²) in [6.07, 6.45) is 9.67. The Balaban J connectivity index is 2.11. The first kappa shape index (κ1) is 15.3. The summed E-state index contributed by atoms with van der Waals surface area (Å²) in [7, 11) is 0. The summed E-state index contributed by atoms with van der Waals surface area (Å²) in [6, 6.07) is 0. The van der Waals surface area contributed by atoms with E-state index in [0.717, 1.165) is 24.3 Å². The van der Waals surface area contributed by atoms with Crippen molar-refractivity contribution in [2.24, 2.45) is 23.5 Å². The second kappa shape index (κ2) is 6.58. The molecular weight excluding hydrogens is 232 g/mol. The zero-order chi connectivity index (χ0) is 13.9. The Morgan fingerprint density at radius 3 is 2.37 bits per heavy atom. The van der Waals surface area contributed by atoms with Crippen molar-refractivity contribution in [1.82, 2.24) is 4.90 Å². The van der Waals surface area contributed by atoms with Gasteiger partial charge in [0.15, 0.2) is 0 Å². The van der Waals surface area contributed by atoms with Gasteiger partial charge in [0, 0.05) is 12.1 Å². The highest BCUT2D eigenvalue weighted by Gasteiger charge is 2.45. The van der Waals surface area contributed by atoms with Crippen molar-refractivity contribution in [2.45, 2.75) is 71.3 Å². The predicted octanol–water partition coefficient (Wildman–Crippen LogP) is 3.65. The first-order valence-corrected chi connectivity index (χ1v) is 8.59. The second-order valence-corrected chi connectivity index (χ2v) is 7.24. The number of hydrogen-bond donors (Lipinski definition) is 1. The van der Waals surface area contributed by atoms with Gasteiger partial charge in [-0.1, -0.05) is 40.0 Å². The molecule has 0 bridgehead atoms. The second-order valence-electron chi connectivity index (χ2n) is 7.24. The zero-order valence-electron chi connectivity index (χ0n) is 13.3. The van der Waals surface area contributed by atoms with E-state index in [9.17, 15) is 0 Å². The van der Waals surface area contributed by atoms with Gasteiger partial charge >= 0.3 is 0 Å². The maximum atomic E-state index is 6.32. The van der Waals surface area contributed by atoms with Crippen LogP contribution in [0.3, 0.4) is 0 Å². The van der Waals surface area contributed by atoms with Crippen molar-refractivity contribution >= 4 is 0 Å². The van der Waals surface area contributed by atoms with Crippen LogP contribution < -0.4 is 5.73 Å². The molecule has 0 aromatic heterocycles. The van der Waals surface area contributed by atoms with Crippen LogP contribution in [-0.2, 0) is 0 Å². The fourth-order valence-corrected chi connectivity index (χ4v) is 4.76. The van der Waals surface area contributed by atoms with Crippen LogP contribution in [0.4, 0.5) is 0 Å². The van der Waals surface area contributed by atoms with Crippen LogP contribution in [0.5, 0.6) is 0 Å². The van der Waals surface area contributed by atoms with Crippen LogP contribution in [-0.4, -0.2) is 30.1 Å². The van der Waals surface area contributed by atoms with E-state index in [2.05, 4.69) is 25.7 Å². The first-order valence-electron chi connectivity index (χ1n) is 8.59. The van der Waals surface area contributed by atoms with Gasteiger partial charge in [0.25, 0.3) is 0 Å². The number of rotatable bonds is 4. The molecule has 0 spiro atoms. The summed E-state index contributed by atoms with van der Waals surface area (Å²) in [4.78, 5) is 2.79. The molecule has 0 radical (unpaired) electrons. The van der Waals surface area contributed by atoms with E-state index in [-0.39, 0.29) is 0 Å². The normalized spacial score (nSPS) is 34.9. The first-order chi connectivity index (χ1) is 9.14. The smallest absolute Gasteiger partial charge is 0.0362 e. The molecule has 0 aromatic carbocycles. The van der Waals surface area contributed by atoms with Crippen molar-refractivity contribution in [3.05, 3.63) is 0 Å². The topological polar surface area (TPSA) is 29.3 Å². The number of likely N-dealkylation sites (tertiary alicyclic amines) is 1. The Morgan fingerprint density at radius 2 is 1.84 bits per heavy atom. The molecular formula is C17H34N2. The van der Waals surface area contributed by atoms with E-state index >= 15 is 0 Å². The van der Waals surface area contributed by atoms with Crippen LogP contribution in [0, 0.1) is 17.8 Å². The summed E-state index contributed by atoms with van der Waals surface area (Å²) in [5.41, 5.74) is 6.65. The number of nitrogens with zero attached hydrogens (tertiary/aromatic N) is 1. The van der Waals surface area contributed by atoms with Gasteiger partial charge in [0.1, 0.15) is 0 Å². The fourth-order valence-electron chi connectivity index (χ4n) is 4.76. The van der Waals surface area contributed by atoms with E-state index in [1.807, 2.05) is 0 Å². The third kappa shape index (κ3) is 3.00. The van der Waals surface area contributed by atoms with Gasteiger partial charge in [-0.15, -0.1) is 0 Å². The highest BCUT2D eigenvalue weighted by Crippen LogP contribution is 2.43. The van der Waals surface area contributed by atoms with Crippen molar-refractivity contribution in [3.8, 4) is 0 Å². The average Bonchev–Trinajstić information content (AvgIpc) is 2.47. The Bertz CT molecular complexity index is 268. The summed E-state index contributed by atoms with van der Waals surface area (Å²) in [5, 5.41) is 0. The van der Waals surface area contributed by atoms with Crippen LogP contribution in [0.25, 0.3) is 0 Å². The molecule has 2 N–H and O–H groups in total. The van der Waals surface area contributed by atoms with Gasteiger partial charge in [-0.05, 0) is 56.5 Å². The lowest BCUT2D eigenvalue weighted by Gasteiger charge is -2.54. The minimum absolute atomic E-state index is 0.325. The largest absolute Gasteiger partial charge is 0.329 e. The highest BCUT2D eigenvalue weighted by atomic mass is 15.2. The van der Waals surface area contributed by atoms with Gasteiger partial charge in [0.05, 0.1) is 0 Å². The minimum Gasteiger partial charge on any atom is -0.329 e. The van der Waals surface area contributed by atoms with Crippen molar-refractivity contribution < 1.29 is 0 Å². The predicted molar refractivity (Wildman–Crippen MR) is 83.2 cm³/mol. The van der Waals surface area contributed by atoms with Gasteiger partial charge < -0.3 is 5.73 Å². The summed E-state index contributed by atoms with van der Waals surface area (Å²) >= 11 is 0. The third-order valence-electron chi connectivity index (χ3n) is 6.04. The maximum absolute atomic E-state index is 6.32. The molecule has 112 valence electrons. The van der Waals surface area contributed by atoms with Gasteiger partial charge in [0.2, 0.25) is 0 Å². The van der Waals surface area contributed by atoms with Crippen molar-refractivity contribution in [3.63, 3.8) is 0 Å².